The highest BCUT2D eigenvalue weighted by molar-refractivity contribution is 7.92. The second kappa shape index (κ2) is 9.94. The summed E-state index contributed by atoms with van der Waals surface area (Å²) in [5, 5.41) is 4.15. The number of fused-ring (bicyclic) bond motifs is 1. The van der Waals surface area contributed by atoms with Crippen molar-refractivity contribution in [2.45, 2.75) is 0 Å². The standard InChI is InChI=1S/C21H26ClN7O3S/c1-28-7-9-29(10-8-28)21-25-18-14-24-19(22)13-17(18)20(26-21)23-6-11-33(30,31)27-15-4-3-5-16(12-15)32-2/h3-5,12-14,27H,6-11H2,1-2H3,(H,23,25,26). The fraction of sp³-hybridized carbons (Fsp3) is 0.381. The van der Waals surface area contributed by atoms with Crippen molar-refractivity contribution in [3.63, 3.8) is 0 Å². The van der Waals surface area contributed by atoms with Gasteiger partial charge in [-0.15, -0.1) is 0 Å². The minimum atomic E-state index is -3.59. The number of pyridine rings is 1. The molecule has 1 aliphatic heterocycles. The van der Waals surface area contributed by atoms with Gasteiger partial charge < -0.3 is 19.9 Å². The number of aromatic nitrogens is 3. The van der Waals surface area contributed by atoms with Gasteiger partial charge in [-0.3, -0.25) is 4.72 Å². The maximum Gasteiger partial charge on any atom is 0.234 e. The van der Waals surface area contributed by atoms with E-state index in [9.17, 15) is 8.42 Å². The molecule has 0 bridgehead atoms. The fourth-order valence-corrected chi connectivity index (χ4v) is 4.61. The van der Waals surface area contributed by atoms with Crippen molar-refractivity contribution >= 4 is 50.0 Å². The number of halogens is 1. The van der Waals surface area contributed by atoms with E-state index in [0.29, 0.717) is 39.3 Å². The number of hydrogen-bond acceptors (Lipinski definition) is 9. The summed E-state index contributed by atoms with van der Waals surface area (Å²) in [5.74, 6) is 1.52. The molecular weight excluding hydrogens is 466 g/mol. The first-order chi connectivity index (χ1) is 15.8. The van der Waals surface area contributed by atoms with E-state index >= 15 is 0 Å². The van der Waals surface area contributed by atoms with Crippen LogP contribution in [-0.4, -0.2) is 80.9 Å². The summed E-state index contributed by atoms with van der Waals surface area (Å²) in [7, 11) is 0.0166. The van der Waals surface area contributed by atoms with Gasteiger partial charge in [0.25, 0.3) is 0 Å². The third kappa shape index (κ3) is 5.92. The Balaban J connectivity index is 1.50. The van der Waals surface area contributed by atoms with Crippen molar-refractivity contribution in [2.75, 3.05) is 67.6 Å². The van der Waals surface area contributed by atoms with Crippen LogP contribution in [0, 0.1) is 0 Å². The van der Waals surface area contributed by atoms with E-state index < -0.39 is 10.0 Å². The number of sulfonamides is 1. The first kappa shape index (κ1) is 23.3. The van der Waals surface area contributed by atoms with Crippen LogP contribution in [0.15, 0.2) is 36.5 Å². The van der Waals surface area contributed by atoms with E-state index in [0.717, 1.165) is 26.2 Å². The van der Waals surface area contributed by atoms with Crippen LogP contribution in [0.4, 0.5) is 17.5 Å². The van der Waals surface area contributed by atoms with Crippen LogP contribution in [0.3, 0.4) is 0 Å². The number of benzene rings is 1. The lowest BCUT2D eigenvalue weighted by Crippen LogP contribution is -2.45. The Morgan fingerprint density at radius 2 is 1.94 bits per heavy atom. The molecule has 3 aromatic rings. The molecule has 1 aliphatic rings. The highest BCUT2D eigenvalue weighted by atomic mass is 35.5. The molecule has 3 heterocycles. The minimum Gasteiger partial charge on any atom is -0.497 e. The summed E-state index contributed by atoms with van der Waals surface area (Å²) in [5.41, 5.74) is 1.08. The van der Waals surface area contributed by atoms with Crippen molar-refractivity contribution in [3.8, 4) is 5.75 Å². The molecule has 0 amide bonds. The Hall–Kier alpha value is -2.89. The molecule has 176 valence electrons. The Labute approximate surface area is 198 Å². The maximum absolute atomic E-state index is 12.6. The normalized spacial score (nSPS) is 14.9. The van der Waals surface area contributed by atoms with Gasteiger partial charge >= 0.3 is 0 Å². The van der Waals surface area contributed by atoms with Crippen LogP contribution >= 0.6 is 11.6 Å². The number of methoxy groups -OCH3 is 1. The molecule has 0 spiro atoms. The quantitative estimate of drug-likeness (QED) is 0.458. The average molecular weight is 492 g/mol. The highest BCUT2D eigenvalue weighted by Crippen LogP contribution is 2.26. The Kier molecular flexibility index (Phi) is 7.01. The number of anilines is 3. The summed E-state index contributed by atoms with van der Waals surface area (Å²) < 4.78 is 32.9. The number of nitrogens with zero attached hydrogens (tertiary/aromatic N) is 5. The first-order valence-electron chi connectivity index (χ1n) is 10.5. The molecule has 0 unspecified atom stereocenters. The first-order valence-corrected chi connectivity index (χ1v) is 12.5. The van der Waals surface area contributed by atoms with E-state index in [2.05, 4.69) is 41.8 Å². The molecule has 2 N–H and O–H groups in total. The van der Waals surface area contributed by atoms with E-state index in [1.54, 1.807) is 36.5 Å². The lowest BCUT2D eigenvalue weighted by atomic mass is 10.3. The van der Waals surface area contributed by atoms with Crippen LogP contribution in [0.5, 0.6) is 5.75 Å². The Bertz CT molecular complexity index is 1230. The molecule has 1 fully saturated rings. The van der Waals surface area contributed by atoms with Crippen molar-refractivity contribution in [2.24, 2.45) is 0 Å². The predicted octanol–water partition coefficient (Wildman–Crippen LogP) is 2.29. The fourth-order valence-electron chi connectivity index (χ4n) is 3.50. The summed E-state index contributed by atoms with van der Waals surface area (Å²) in [6.07, 6.45) is 1.60. The number of piperazine rings is 1. The zero-order chi connectivity index (χ0) is 23.4. The molecule has 0 aliphatic carbocycles. The zero-order valence-electron chi connectivity index (χ0n) is 18.5. The van der Waals surface area contributed by atoms with Gasteiger partial charge in [0.15, 0.2) is 0 Å². The van der Waals surface area contributed by atoms with Crippen molar-refractivity contribution in [1.82, 2.24) is 19.9 Å². The molecular formula is C21H26ClN7O3S. The van der Waals surface area contributed by atoms with Crippen molar-refractivity contribution in [3.05, 3.63) is 41.7 Å². The molecule has 4 rings (SSSR count). The van der Waals surface area contributed by atoms with E-state index in [-0.39, 0.29) is 12.3 Å². The molecule has 0 atom stereocenters. The average Bonchev–Trinajstić information content (AvgIpc) is 2.79. The van der Waals surface area contributed by atoms with Gasteiger partial charge in [0.05, 0.1) is 30.3 Å². The molecule has 0 radical (unpaired) electrons. The number of hydrogen-bond donors (Lipinski definition) is 2. The molecule has 12 heteroatoms. The van der Waals surface area contributed by atoms with Gasteiger partial charge in [0.1, 0.15) is 16.7 Å². The van der Waals surface area contributed by atoms with E-state index in [4.69, 9.17) is 16.3 Å². The van der Waals surface area contributed by atoms with Gasteiger partial charge in [-0.2, -0.15) is 4.98 Å². The number of ether oxygens (including phenoxy) is 1. The molecule has 10 nitrogen and oxygen atoms in total. The lowest BCUT2D eigenvalue weighted by molar-refractivity contribution is 0.311. The molecule has 2 aromatic heterocycles. The number of nitrogens with one attached hydrogen (secondary N) is 2. The van der Waals surface area contributed by atoms with Gasteiger partial charge in [-0.1, -0.05) is 17.7 Å². The molecule has 1 saturated heterocycles. The van der Waals surface area contributed by atoms with Crippen LogP contribution in [0.2, 0.25) is 5.15 Å². The number of likely N-dealkylation sites (N-methyl/N-ethyl adjacent to an activating group) is 1. The molecule has 0 saturated carbocycles. The summed E-state index contributed by atoms with van der Waals surface area (Å²) in [4.78, 5) is 17.8. The summed E-state index contributed by atoms with van der Waals surface area (Å²) in [6.45, 7) is 3.59. The summed E-state index contributed by atoms with van der Waals surface area (Å²) in [6, 6.07) is 8.44. The molecule has 33 heavy (non-hydrogen) atoms. The highest BCUT2D eigenvalue weighted by Gasteiger charge is 2.19. The van der Waals surface area contributed by atoms with Crippen LogP contribution in [-0.2, 0) is 10.0 Å². The van der Waals surface area contributed by atoms with E-state index in [1.807, 2.05) is 0 Å². The van der Waals surface area contributed by atoms with Gasteiger partial charge in [0, 0.05) is 44.2 Å². The largest absolute Gasteiger partial charge is 0.497 e. The second-order valence-electron chi connectivity index (χ2n) is 7.77. The smallest absolute Gasteiger partial charge is 0.234 e. The third-order valence-electron chi connectivity index (χ3n) is 5.33. The summed E-state index contributed by atoms with van der Waals surface area (Å²) >= 11 is 6.09. The third-order valence-corrected chi connectivity index (χ3v) is 6.82. The van der Waals surface area contributed by atoms with Crippen molar-refractivity contribution in [1.29, 1.82) is 0 Å². The van der Waals surface area contributed by atoms with Crippen LogP contribution in [0.25, 0.3) is 10.9 Å². The van der Waals surface area contributed by atoms with Gasteiger partial charge in [-0.05, 0) is 25.2 Å². The maximum atomic E-state index is 12.6. The SMILES string of the molecule is COc1cccc(NS(=O)(=O)CCNc2nc(N3CCN(C)CC3)nc3cnc(Cl)cc23)c1. The lowest BCUT2D eigenvalue weighted by Gasteiger charge is -2.32. The number of rotatable bonds is 8. The second-order valence-corrected chi connectivity index (χ2v) is 10.00. The minimum absolute atomic E-state index is 0.146. The van der Waals surface area contributed by atoms with E-state index in [1.165, 1.54) is 7.11 Å². The van der Waals surface area contributed by atoms with Crippen LogP contribution < -0.4 is 19.7 Å². The van der Waals surface area contributed by atoms with Gasteiger partial charge in [-0.25, -0.2) is 18.4 Å². The van der Waals surface area contributed by atoms with Crippen molar-refractivity contribution < 1.29 is 13.2 Å². The van der Waals surface area contributed by atoms with Gasteiger partial charge in [0.2, 0.25) is 16.0 Å². The monoisotopic (exact) mass is 491 g/mol. The topological polar surface area (TPSA) is 113 Å². The Morgan fingerprint density at radius 1 is 1.15 bits per heavy atom. The predicted molar refractivity (Wildman–Crippen MR) is 131 cm³/mol. The molecule has 1 aromatic carbocycles. The van der Waals surface area contributed by atoms with Crippen LogP contribution in [0.1, 0.15) is 0 Å². The zero-order valence-corrected chi connectivity index (χ0v) is 20.0. The Morgan fingerprint density at radius 3 is 2.70 bits per heavy atom.